The molecule has 0 aromatic carbocycles. The topological polar surface area (TPSA) is 67.2 Å². The van der Waals surface area contributed by atoms with Gasteiger partial charge >= 0.3 is 0 Å². The van der Waals surface area contributed by atoms with E-state index in [9.17, 15) is 4.79 Å². The Morgan fingerprint density at radius 3 is 2.75 bits per heavy atom. The van der Waals surface area contributed by atoms with Crippen LogP contribution in [0.15, 0.2) is 42.9 Å². The van der Waals surface area contributed by atoms with Crippen molar-refractivity contribution in [2.45, 2.75) is 13.3 Å². The highest BCUT2D eigenvalue weighted by Crippen LogP contribution is 2.06. The standard InChI is InChI=1S/C15H19N3O2/c1-12(6-9-19)10-17-15(20)13-4-5-14(16-11-13)18-7-2-3-8-18/h2-5,7-8,11-12,19H,6,9-10H2,1H3,(H,17,20). The molecule has 1 atom stereocenters. The van der Waals surface area contributed by atoms with E-state index in [2.05, 4.69) is 10.3 Å². The van der Waals surface area contributed by atoms with E-state index in [1.807, 2.05) is 42.1 Å². The number of hydrogen-bond donors (Lipinski definition) is 2. The van der Waals surface area contributed by atoms with E-state index in [0.717, 1.165) is 5.82 Å². The molecule has 2 N–H and O–H groups in total. The lowest BCUT2D eigenvalue weighted by molar-refractivity contribution is 0.0945. The number of rotatable bonds is 6. The van der Waals surface area contributed by atoms with Crippen molar-refractivity contribution in [2.75, 3.05) is 13.2 Å². The lowest BCUT2D eigenvalue weighted by Gasteiger charge is -2.11. The highest BCUT2D eigenvalue weighted by molar-refractivity contribution is 5.93. The summed E-state index contributed by atoms with van der Waals surface area (Å²) in [7, 11) is 0. The van der Waals surface area contributed by atoms with Gasteiger partial charge in [0, 0.05) is 31.7 Å². The van der Waals surface area contributed by atoms with Gasteiger partial charge in [-0.05, 0) is 36.6 Å². The molecule has 1 amide bonds. The molecule has 1 unspecified atom stereocenters. The summed E-state index contributed by atoms with van der Waals surface area (Å²) in [5.41, 5.74) is 0.539. The van der Waals surface area contributed by atoms with Gasteiger partial charge < -0.3 is 15.0 Å². The fraction of sp³-hybridized carbons (Fsp3) is 0.333. The summed E-state index contributed by atoms with van der Waals surface area (Å²) < 4.78 is 1.88. The Morgan fingerprint density at radius 2 is 2.15 bits per heavy atom. The first-order chi connectivity index (χ1) is 9.70. The Balaban J connectivity index is 1.94. The zero-order chi connectivity index (χ0) is 14.4. The average molecular weight is 273 g/mol. The van der Waals surface area contributed by atoms with Crippen LogP contribution in [-0.2, 0) is 0 Å². The van der Waals surface area contributed by atoms with Crippen LogP contribution in [0.4, 0.5) is 0 Å². The lowest BCUT2D eigenvalue weighted by atomic mass is 10.1. The molecule has 5 heteroatoms. The van der Waals surface area contributed by atoms with Gasteiger partial charge in [-0.15, -0.1) is 0 Å². The van der Waals surface area contributed by atoms with Crippen molar-refractivity contribution in [2.24, 2.45) is 5.92 Å². The highest BCUT2D eigenvalue weighted by atomic mass is 16.3. The van der Waals surface area contributed by atoms with Crippen molar-refractivity contribution in [3.63, 3.8) is 0 Å². The van der Waals surface area contributed by atoms with Crippen LogP contribution in [0, 0.1) is 5.92 Å². The van der Waals surface area contributed by atoms with E-state index in [-0.39, 0.29) is 18.4 Å². The summed E-state index contributed by atoms with van der Waals surface area (Å²) in [6.07, 6.45) is 6.06. The van der Waals surface area contributed by atoms with Crippen LogP contribution in [0.25, 0.3) is 5.82 Å². The first kappa shape index (κ1) is 14.3. The van der Waals surface area contributed by atoms with E-state index < -0.39 is 0 Å². The minimum Gasteiger partial charge on any atom is -0.396 e. The van der Waals surface area contributed by atoms with E-state index in [0.29, 0.717) is 18.5 Å². The highest BCUT2D eigenvalue weighted by Gasteiger charge is 2.08. The molecule has 0 fully saturated rings. The van der Waals surface area contributed by atoms with Gasteiger partial charge in [-0.3, -0.25) is 4.79 Å². The predicted octanol–water partition coefficient (Wildman–Crippen LogP) is 1.62. The number of carbonyl (C=O) groups excluding carboxylic acids is 1. The van der Waals surface area contributed by atoms with E-state index in [1.54, 1.807) is 12.3 Å². The van der Waals surface area contributed by atoms with Gasteiger partial charge in [0.15, 0.2) is 0 Å². The Kier molecular flexibility index (Phi) is 4.90. The Hall–Kier alpha value is -2.14. The maximum atomic E-state index is 11.9. The first-order valence-corrected chi connectivity index (χ1v) is 6.69. The summed E-state index contributed by atoms with van der Waals surface area (Å²) in [4.78, 5) is 16.2. The SMILES string of the molecule is CC(CCO)CNC(=O)c1ccc(-n2cccc2)nc1. The van der Waals surface area contributed by atoms with Gasteiger partial charge in [0.2, 0.25) is 0 Å². The van der Waals surface area contributed by atoms with E-state index in [1.165, 1.54) is 0 Å². The molecule has 0 spiro atoms. The fourth-order valence-corrected chi connectivity index (χ4v) is 1.85. The Bertz CT molecular complexity index is 535. The van der Waals surface area contributed by atoms with Crippen LogP contribution in [0.3, 0.4) is 0 Å². The maximum Gasteiger partial charge on any atom is 0.252 e. The summed E-state index contributed by atoms with van der Waals surface area (Å²) >= 11 is 0. The lowest BCUT2D eigenvalue weighted by Crippen LogP contribution is -2.28. The van der Waals surface area contributed by atoms with Crippen molar-refractivity contribution in [1.29, 1.82) is 0 Å². The Morgan fingerprint density at radius 1 is 1.40 bits per heavy atom. The van der Waals surface area contributed by atoms with Crippen LogP contribution >= 0.6 is 0 Å². The van der Waals surface area contributed by atoms with Crippen LogP contribution in [0.1, 0.15) is 23.7 Å². The molecule has 2 aromatic rings. The number of amides is 1. The molecule has 0 saturated heterocycles. The largest absolute Gasteiger partial charge is 0.396 e. The predicted molar refractivity (Wildman–Crippen MR) is 76.8 cm³/mol. The molecular weight excluding hydrogens is 254 g/mol. The molecule has 5 nitrogen and oxygen atoms in total. The van der Waals surface area contributed by atoms with E-state index >= 15 is 0 Å². The van der Waals surface area contributed by atoms with Gasteiger partial charge in [-0.25, -0.2) is 4.98 Å². The average Bonchev–Trinajstić information content (AvgIpc) is 2.99. The summed E-state index contributed by atoms with van der Waals surface area (Å²) in [6.45, 7) is 2.69. The number of nitrogens with one attached hydrogen (secondary N) is 1. The van der Waals surface area contributed by atoms with Crippen LogP contribution in [-0.4, -0.2) is 33.7 Å². The van der Waals surface area contributed by atoms with Crippen molar-refractivity contribution in [3.05, 3.63) is 48.4 Å². The number of nitrogens with zero attached hydrogens (tertiary/aromatic N) is 2. The monoisotopic (exact) mass is 273 g/mol. The van der Waals surface area contributed by atoms with Crippen LogP contribution in [0.2, 0.25) is 0 Å². The smallest absolute Gasteiger partial charge is 0.252 e. The Labute approximate surface area is 118 Å². The molecular formula is C15H19N3O2. The number of aromatic nitrogens is 2. The van der Waals surface area contributed by atoms with Crippen LogP contribution < -0.4 is 5.32 Å². The fourth-order valence-electron chi connectivity index (χ4n) is 1.85. The van der Waals surface area contributed by atoms with Crippen molar-refractivity contribution in [3.8, 4) is 5.82 Å². The summed E-state index contributed by atoms with van der Waals surface area (Å²) in [5, 5.41) is 11.7. The molecule has 0 aliphatic rings. The molecule has 0 radical (unpaired) electrons. The van der Waals surface area contributed by atoms with Gasteiger partial charge in [0.25, 0.3) is 5.91 Å². The van der Waals surface area contributed by atoms with Gasteiger partial charge in [-0.2, -0.15) is 0 Å². The van der Waals surface area contributed by atoms with Crippen molar-refractivity contribution in [1.82, 2.24) is 14.9 Å². The molecule has 2 rings (SSSR count). The number of aliphatic hydroxyl groups excluding tert-OH is 1. The molecule has 2 heterocycles. The van der Waals surface area contributed by atoms with Crippen LogP contribution in [0.5, 0.6) is 0 Å². The number of hydrogen-bond acceptors (Lipinski definition) is 3. The molecule has 0 saturated carbocycles. The van der Waals surface area contributed by atoms with Gasteiger partial charge in [0.05, 0.1) is 5.56 Å². The maximum absolute atomic E-state index is 11.9. The minimum atomic E-state index is -0.138. The molecule has 106 valence electrons. The first-order valence-electron chi connectivity index (χ1n) is 6.69. The second kappa shape index (κ2) is 6.86. The number of aliphatic hydroxyl groups is 1. The third kappa shape index (κ3) is 3.68. The van der Waals surface area contributed by atoms with Crippen molar-refractivity contribution >= 4 is 5.91 Å². The number of pyridine rings is 1. The minimum absolute atomic E-state index is 0.138. The molecule has 2 aromatic heterocycles. The second-order valence-corrected chi connectivity index (χ2v) is 4.82. The molecule has 0 aliphatic heterocycles. The summed E-state index contributed by atoms with van der Waals surface area (Å²) in [6, 6.07) is 7.41. The zero-order valence-corrected chi connectivity index (χ0v) is 11.5. The second-order valence-electron chi connectivity index (χ2n) is 4.82. The normalized spacial score (nSPS) is 12.1. The van der Waals surface area contributed by atoms with Crippen molar-refractivity contribution < 1.29 is 9.90 Å². The number of carbonyl (C=O) groups is 1. The van der Waals surface area contributed by atoms with E-state index in [4.69, 9.17) is 5.11 Å². The zero-order valence-electron chi connectivity index (χ0n) is 11.5. The van der Waals surface area contributed by atoms with Gasteiger partial charge in [0.1, 0.15) is 5.82 Å². The third-order valence-electron chi connectivity index (χ3n) is 3.11. The quantitative estimate of drug-likeness (QED) is 0.840. The molecule has 20 heavy (non-hydrogen) atoms. The van der Waals surface area contributed by atoms with Gasteiger partial charge in [-0.1, -0.05) is 6.92 Å². The molecule has 0 aliphatic carbocycles. The molecule has 0 bridgehead atoms. The summed E-state index contributed by atoms with van der Waals surface area (Å²) in [5.74, 6) is 0.901. The third-order valence-corrected chi connectivity index (χ3v) is 3.11.